The second-order valence-corrected chi connectivity index (χ2v) is 9.71. The molecule has 152 valence electrons. The Morgan fingerprint density at radius 1 is 1.07 bits per heavy atom. The highest BCUT2D eigenvalue weighted by Crippen LogP contribution is 2.36. The maximum absolute atomic E-state index is 13.2. The summed E-state index contributed by atoms with van der Waals surface area (Å²) < 4.78 is 33.5. The van der Waals surface area contributed by atoms with Gasteiger partial charge in [0.15, 0.2) is 0 Å². The maximum atomic E-state index is 13.2. The molecule has 0 bridgehead atoms. The number of sulfonamides is 1. The molecule has 1 aliphatic rings. The Balaban J connectivity index is 1.61. The molecular formula is C22H25N3O3S. The largest absolute Gasteiger partial charge is 0.337 e. The molecule has 0 unspecified atom stereocenters. The van der Waals surface area contributed by atoms with Crippen LogP contribution in [-0.2, 0) is 10.0 Å². The van der Waals surface area contributed by atoms with Crippen LogP contribution in [0.25, 0.3) is 11.4 Å². The van der Waals surface area contributed by atoms with Gasteiger partial charge in [0.1, 0.15) is 6.04 Å². The lowest BCUT2D eigenvalue weighted by Gasteiger charge is -2.21. The molecule has 0 aliphatic carbocycles. The molecule has 0 N–H and O–H groups in total. The highest BCUT2D eigenvalue weighted by molar-refractivity contribution is 7.89. The van der Waals surface area contributed by atoms with Crippen molar-refractivity contribution in [2.75, 3.05) is 6.54 Å². The van der Waals surface area contributed by atoms with Crippen molar-refractivity contribution in [1.82, 2.24) is 14.4 Å². The zero-order valence-corrected chi connectivity index (χ0v) is 17.7. The zero-order chi connectivity index (χ0) is 20.6. The summed E-state index contributed by atoms with van der Waals surface area (Å²) in [5.74, 6) is 1.18. The van der Waals surface area contributed by atoms with Crippen molar-refractivity contribution in [2.45, 2.75) is 50.5 Å². The van der Waals surface area contributed by atoms with E-state index in [-0.39, 0.29) is 0 Å². The van der Waals surface area contributed by atoms with Crippen LogP contribution >= 0.6 is 0 Å². The summed E-state index contributed by atoms with van der Waals surface area (Å²) in [6, 6.07) is 14.5. The van der Waals surface area contributed by atoms with Gasteiger partial charge in [-0.3, -0.25) is 0 Å². The van der Waals surface area contributed by atoms with Gasteiger partial charge in [0.2, 0.25) is 21.7 Å². The van der Waals surface area contributed by atoms with Crippen LogP contribution in [0.4, 0.5) is 0 Å². The minimum Gasteiger partial charge on any atom is -0.337 e. The van der Waals surface area contributed by atoms with Crippen LogP contribution in [0.2, 0.25) is 0 Å². The predicted octanol–water partition coefficient (Wildman–Crippen LogP) is 4.69. The molecule has 2 aromatic carbocycles. The van der Waals surface area contributed by atoms with E-state index in [0.29, 0.717) is 35.5 Å². The number of aryl methyl sites for hydroxylation is 1. The molecular weight excluding hydrogens is 386 g/mol. The molecule has 6 nitrogen and oxygen atoms in total. The van der Waals surface area contributed by atoms with Crippen molar-refractivity contribution >= 4 is 10.0 Å². The molecule has 0 radical (unpaired) electrons. The van der Waals surface area contributed by atoms with Gasteiger partial charge in [0, 0.05) is 12.1 Å². The number of benzene rings is 2. The summed E-state index contributed by atoms with van der Waals surface area (Å²) in [6.07, 6.45) is 1.43. The molecule has 0 spiro atoms. The van der Waals surface area contributed by atoms with Crippen LogP contribution in [0.15, 0.2) is 57.9 Å². The van der Waals surface area contributed by atoms with E-state index in [0.717, 1.165) is 23.1 Å². The molecule has 1 saturated heterocycles. The summed E-state index contributed by atoms with van der Waals surface area (Å²) in [7, 11) is -3.63. The first-order chi connectivity index (χ1) is 13.9. The van der Waals surface area contributed by atoms with Gasteiger partial charge in [-0.05, 0) is 43.4 Å². The van der Waals surface area contributed by atoms with Gasteiger partial charge in [-0.1, -0.05) is 61.0 Å². The normalized spacial score (nSPS) is 17.9. The van der Waals surface area contributed by atoms with Crippen LogP contribution < -0.4 is 0 Å². The first-order valence-electron chi connectivity index (χ1n) is 9.89. The topological polar surface area (TPSA) is 76.3 Å². The number of nitrogens with zero attached hydrogens (tertiary/aromatic N) is 3. The third-order valence-corrected chi connectivity index (χ3v) is 7.32. The maximum Gasteiger partial charge on any atom is 0.245 e. The molecule has 4 rings (SSSR count). The fourth-order valence-electron chi connectivity index (χ4n) is 3.63. The fraction of sp³-hybridized carbons (Fsp3) is 0.364. The average molecular weight is 412 g/mol. The monoisotopic (exact) mass is 411 g/mol. The van der Waals surface area contributed by atoms with Crippen molar-refractivity contribution in [1.29, 1.82) is 0 Å². The molecule has 1 fully saturated rings. The predicted molar refractivity (Wildman–Crippen MR) is 111 cm³/mol. The summed E-state index contributed by atoms with van der Waals surface area (Å²) in [4.78, 5) is 4.80. The lowest BCUT2D eigenvalue weighted by Crippen LogP contribution is -2.30. The van der Waals surface area contributed by atoms with Crippen molar-refractivity contribution in [3.63, 3.8) is 0 Å². The van der Waals surface area contributed by atoms with E-state index in [1.54, 1.807) is 12.1 Å². The van der Waals surface area contributed by atoms with Crippen LogP contribution in [0, 0.1) is 6.92 Å². The highest BCUT2D eigenvalue weighted by Gasteiger charge is 2.39. The van der Waals surface area contributed by atoms with Gasteiger partial charge in [0.25, 0.3) is 0 Å². The highest BCUT2D eigenvalue weighted by atomic mass is 32.2. The fourth-order valence-corrected chi connectivity index (χ4v) is 5.28. The molecule has 0 saturated carbocycles. The van der Waals surface area contributed by atoms with Crippen LogP contribution in [0.1, 0.15) is 55.7 Å². The van der Waals surface area contributed by atoms with Gasteiger partial charge in [-0.2, -0.15) is 9.29 Å². The van der Waals surface area contributed by atoms with Crippen molar-refractivity contribution in [2.24, 2.45) is 0 Å². The van der Waals surface area contributed by atoms with Gasteiger partial charge >= 0.3 is 0 Å². The van der Waals surface area contributed by atoms with E-state index in [2.05, 4.69) is 24.0 Å². The lowest BCUT2D eigenvalue weighted by atomic mass is 10.0. The summed E-state index contributed by atoms with van der Waals surface area (Å²) in [6.45, 7) is 6.63. The SMILES string of the molecule is Cc1ccc(-c2noc([C@H]3CCCN3S(=O)(=O)c3ccc(C(C)C)cc3)n2)cc1. The van der Waals surface area contributed by atoms with Crippen molar-refractivity contribution < 1.29 is 12.9 Å². The number of rotatable bonds is 5. The summed E-state index contributed by atoms with van der Waals surface area (Å²) in [5, 5.41) is 4.07. The first-order valence-corrected chi connectivity index (χ1v) is 11.3. The van der Waals surface area contributed by atoms with Gasteiger partial charge in [0.05, 0.1) is 4.90 Å². The quantitative estimate of drug-likeness (QED) is 0.608. The van der Waals surface area contributed by atoms with E-state index in [9.17, 15) is 8.42 Å². The minimum atomic E-state index is -3.63. The van der Waals surface area contributed by atoms with E-state index in [4.69, 9.17) is 4.52 Å². The van der Waals surface area contributed by atoms with Crippen LogP contribution in [0.3, 0.4) is 0 Å². The van der Waals surface area contributed by atoms with Gasteiger partial charge < -0.3 is 4.52 Å². The lowest BCUT2D eigenvalue weighted by molar-refractivity contribution is 0.290. The van der Waals surface area contributed by atoms with Crippen LogP contribution in [-0.4, -0.2) is 29.4 Å². The zero-order valence-electron chi connectivity index (χ0n) is 16.9. The molecule has 2 heterocycles. The Morgan fingerprint density at radius 3 is 2.41 bits per heavy atom. The number of hydrogen-bond donors (Lipinski definition) is 0. The second-order valence-electron chi connectivity index (χ2n) is 7.82. The van der Waals surface area contributed by atoms with Gasteiger partial charge in [-0.15, -0.1) is 0 Å². The van der Waals surface area contributed by atoms with E-state index >= 15 is 0 Å². The van der Waals surface area contributed by atoms with Gasteiger partial charge in [-0.25, -0.2) is 8.42 Å². The molecule has 1 aliphatic heterocycles. The van der Waals surface area contributed by atoms with E-state index < -0.39 is 16.1 Å². The Kier molecular flexibility index (Phi) is 5.27. The molecule has 0 amide bonds. The number of aromatic nitrogens is 2. The minimum absolute atomic E-state index is 0.298. The first kappa shape index (κ1) is 19.8. The molecule has 3 aromatic rings. The average Bonchev–Trinajstić information content (AvgIpc) is 3.38. The third-order valence-electron chi connectivity index (χ3n) is 5.39. The van der Waals surface area contributed by atoms with E-state index in [1.165, 1.54) is 4.31 Å². The Hall–Kier alpha value is -2.51. The molecule has 7 heteroatoms. The van der Waals surface area contributed by atoms with E-state index in [1.807, 2.05) is 43.3 Å². The smallest absolute Gasteiger partial charge is 0.245 e. The Bertz CT molecular complexity index is 1090. The van der Waals surface area contributed by atoms with Crippen molar-refractivity contribution in [3.8, 4) is 11.4 Å². The summed E-state index contributed by atoms with van der Waals surface area (Å²) >= 11 is 0. The second kappa shape index (κ2) is 7.72. The number of hydrogen-bond acceptors (Lipinski definition) is 5. The molecule has 1 aromatic heterocycles. The third kappa shape index (κ3) is 3.84. The van der Waals surface area contributed by atoms with Crippen molar-refractivity contribution in [3.05, 3.63) is 65.5 Å². The van der Waals surface area contributed by atoms with Crippen LogP contribution in [0.5, 0.6) is 0 Å². The standard InChI is InChI=1S/C22H25N3O3S/c1-15(2)17-10-12-19(13-11-17)29(26,27)25-14-4-5-20(25)22-23-21(24-28-22)18-8-6-16(3)7-9-18/h6-13,15,20H,4-5,14H2,1-3H3/t20-/m1/s1. The molecule has 29 heavy (non-hydrogen) atoms. The Morgan fingerprint density at radius 2 is 1.76 bits per heavy atom. The summed E-state index contributed by atoms with van der Waals surface area (Å²) in [5.41, 5.74) is 3.11. The molecule has 1 atom stereocenters. The Labute approximate surface area is 171 Å².